The number of aliphatic carboxylic acids is 2. The molecule has 2 aliphatic heterocycles. The second kappa shape index (κ2) is 2.81. The molecular formula is C9H11NO4. The molecule has 14 heavy (non-hydrogen) atoms. The van der Waals surface area contributed by atoms with Crippen molar-refractivity contribution in [1.29, 1.82) is 0 Å². The number of carboxylic acids is 2. The van der Waals surface area contributed by atoms with E-state index in [2.05, 4.69) is 0 Å². The third kappa shape index (κ3) is 0.988. The number of hydrogen-bond acceptors (Lipinski definition) is 3. The summed E-state index contributed by atoms with van der Waals surface area (Å²) >= 11 is 0. The molecule has 0 amide bonds. The van der Waals surface area contributed by atoms with E-state index in [-0.39, 0.29) is 12.1 Å². The lowest BCUT2D eigenvalue weighted by Crippen LogP contribution is -2.36. The summed E-state index contributed by atoms with van der Waals surface area (Å²) in [5.41, 5.74) is 0. The molecule has 2 N–H and O–H groups in total. The van der Waals surface area contributed by atoms with E-state index in [0.29, 0.717) is 0 Å². The Morgan fingerprint density at radius 1 is 1.07 bits per heavy atom. The summed E-state index contributed by atoms with van der Waals surface area (Å²) in [6.45, 7) is 0. The molecule has 2 rings (SSSR count). The van der Waals surface area contributed by atoms with Crippen molar-refractivity contribution in [1.82, 2.24) is 4.90 Å². The molecule has 0 aliphatic carbocycles. The minimum Gasteiger partial charge on any atom is -0.481 e. The van der Waals surface area contributed by atoms with Gasteiger partial charge in [0.05, 0.1) is 11.8 Å². The van der Waals surface area contributed by atoms with Crippen LogP contribution in [-0.2, 0) is 9.59 Å². The molecule has 4 unspecified atom stereocenters. The van der Waals surface area contributed by atoms with Gasteiger partial charge in [-0.3, -0.25) is 14.5 Å². The Hall–Kier alpha value is -1.36. The lowest BCUT2D eigenvalue weighted by molar-refractivity contribution is -0.152. The van der Waals surface area contributed by atoms with Gasteiger partial charge in [-0.05, 0) is 7.05 Å². The van der Waals surface area contributed by atoms with Gasteiger partial charge in [0.1, 0.15) is 0 Å². The van der Waals surface area contributed by atoms with Crippen LogP contribution in [0.15, 0.2) is 12.2 Å². The Labute approximate surface area is 80.6 Å². The molecule has 0 radical (unpaired) electrons. The second-order valence-electron chi connectivity index (χ2n) is 3.76. The Morgan fingerprint density at radius 2 is 1.43 bits per heavy atom. The molecule has 2 bridgehead atoms. The largest absolute Gasteiger partial charge is 0.481 e. The van der Waals surface area contributed by atoms with Crippen LogP contribution >= 0.6 is 0 Å². The predicted octanol–water partition coefficient (Wildman–Crippen LogP) is -0.360. The third-order valence-electron chi connectivity index (χ3n) is 3.14. The maximum absolute atomic E-state index is 10.9. The van der Waals surface area contributed by atoms with Crippen molar-refractivity contribution < 1.29 is 19.8 Å². The zero-order valence-electron chi connectivity index (χ0n) is 7.62. The molecule has 0 spiro atoms. The van der Waals surface area contributed by atoms with Gasteiger partial charge in [-0.25, -0.2) is 0 Å². The third-order valence-corrected chi connectivity index (χ3v) is 3.14. The zero-order valence-corrected chi connectivity index (χ0v) is 7.62. The number of nitrogens with zero attached hydrogens (tertiary/aromatic N) is 1. The van der Waals surface area contributed by atoms with Crippen LogP contribution < -0.4 is 0 Å². The highest BCUT2D eigenvalue weighted by molar-refractivity contribution is 5.83. The van der Waals surface area contributed by atoms with E-state index in [1.54, 1.807) is 24.1 Å². The molecule has 4 atom stereocenters. The standard InChI is InChI=1S/C9H11NO4/c1-10-4-2-3-5(10)7(9(13)14)6(4)8(11)12/h2-7H,1H3,(H,11,12)(H,13,14). The fraction of sp³-hybridized carbons (Fsp3) is 0.556. The van der Waals surface area contributed by atoms with Crippen molar-refractivity contribution >= 4 is 11.9 Å². The van der Waals surface area contributed by atoms with Gasteiger partial charge in [0.25, 0.3) is 0 Å². The van der Waals surface area contributed by atoms with Crippen molar-refractivity contribution in [2.75, 3.05) is 7.05 Å². The summed E-state index contributed by atoms with van der Waals surface area (Å²) in [7, 11) is 1.76. The molecule has 1 saturated heterocycles. The fourth-order valence-corrected chi connectivity index (χ4v) is 2.47. The van der Waals surface area contributed by atoms with Crippen LogP contribution in [0.1, 0.15) is 0 Å². The molecular weight excluding hydrogens is 186 g/mol. The van der Waals surface area contributed by atoms with E-state index in [0.717, 1.165) is 0 Å². The first kappa shape index (κ1) is 9.21. The van der Waals surface area contributed by atoms with Gasteiger partial charge in [-0.2, -0.15) is 0 Å². The summed E-state index contributed by atoms with van der Waals surface area (Å²) in [4.78, 5) is 23.7. The van der Waals surface area contributed by atoms with Gasteiger partial charge >= 0.3 is 11.9 Å². The zero-order chi connectivity index (χ0) is 10.5. The van der Waals surface area contributed by atoms with Crippen LogP contribution in [-0.4, -0.2) is 46.2 Å². The lowest BCUT2D eigenvalue weighted by Gasteiger charge is -2.18. The molecule has 5 nitrogen and oxygen atoms in total. The molecule has 0 aromatic heterocycles. The first-order valence-electron chi connectivity index (χ1n) is 4.40. The van der Waals surface area contributed by atoms with E-state index in [1.807, 2.05) is 0 Å². The van der Waals surface area contributed by atoms with Crippen molar-refractivity contribution in [3.63, 3.8) is 0 Å². The average molecular weight is 197 g/mol. The molecule has 0 saturated carbocycles. The normalized spacial score (nSPS) is 40.4. The van der Waals surface area contributed by atoms with Crippen molar-refractivity contribution in [3.8, 4) is 0 Å². The van der Waals surface area contributed by atoms with Crippen molar-refractivity contribution in [2.24, 2.45) is 11.8 Å². The van der Waals surface area contributed by atoms with E-state index in [1.165, 1.54) is 0 Å². The highest BCUT2D eigenvalue weighted by Crippen LogP contribution is 2.40. The van der Waals surface area contributed by atoms with Gasteiger partial charge < -0.3 is 10.2 Å². The average Bonchev–Trinajstić information content (AvgIpc) is 2.58. The number of hydrogen-bond donors (Lipinski definition) is 2. The molecule has 0 aromatic carbocycles. The quantitative estimate of drug-likeness (QED) is 0.591. The smallest absolute Gasteiger partial charge is 0.309 e. The van der Waals surface area contributed by atoms with Crippen molar-refractivity contribution in [3.05, 3.63) is 12.2 Å². The maximum atomic E-state index is 10.9. The topological polar surface area (TPSA) is 77.8 Å². The van der Waals surface area contributed by atoms with Crippen LogP contribution in [0.4, 0.5) is 0 Å². The van der Waals surface area contributed by atoms with Gasteiger partial charge in [0, 0.05) is 12.1 Å². The van der Waals surface area contributed by atoms with Gasteiger partial charge in [-0.15, -0.1) is 0 Å². The van der Waals surface area contributed by atoms with Crippen LogP contribution in [0.25, 0.3) is 0 Å². The first-order chi connectivity index (χ1) is 6.54. The summed E-state index contributed by atoms with van der Waals surface area (Å²) in [5, 5.41) is 17.9. The molecule has 76 valence electrons. The van der Waals surface area contributed by atoms with E-state index >= 15 is 0 Å². The number of carbonyl (C=O) groups is 2. The van der Waals surface area contributed by atoms with Gasteiger partial charge in [0.2, 0.25) is 0 Å². The van der Waals surface area contributed by atoms with Crippen molar-refractivity contribution in [2.45, 2.75) is 12.1 Å². The number of rotatable bonds is 2. The summed E-state index contributed by atoms with van der Waals surface area (Å²) in [6.07, 6.45) is 3.56. The fourth-order valence-electron chi connectivity index (χ4n) is 2.47. The maximum Gasteiger partial charge on any atom is 0.309 e. The Bertz CT molecular complexity index is 295. The van der Waals surface area contributed by atoms with Crippen LogP contribution in [0.3, 0.4) is 0 Å². The van der Waals surface area contributed by atoms with E-state index < -0.39 is 23.8 Å². The van der Waals surface area contributed by atoms with E-state index in [9.17, 15) is 9.59 Å². The van der Waals surface area contributed by atoms with Crippen LogP contribution in [0.2, 0.25) is 0 Å². The Kier molecular flexibility index (Phi) is 1.85. The minimum atomic E-state index is -1.03. The highest BCUT2D eigenvalue weighted by Gasteiger charge is 2.55. The van der Waals surface area contributed by atoms with Crippen LogP contribution in [0.5, 0.6) is 0 Å². The molecule has 2 aliphatic rings. The van der Waals surface area contributed by atoms with Gasteiger partial charge in [0.15, 0.2) is 0 Å². The lowest BCUT2D eigenvalue weighted by atomic mass is 9.83. The highest BCUT2D eigenvalue weighted by atomic mass is 16.4. The minimum absolute atomic E-state index is 0.265. The number of carboxylic acid groups (broad SMARTS) is 2. The first-order valence-corrected chi connectivity index (χ1v) is 4.40. The SMILES string of the molecule is CN1C2C=CC1C(C(=O)O)C2C(=O)O. The molecule has 1 fully saturated rings. The molecule has 0 aromatic rings. The van der Waals surface area contributed by atoms with Gasteiger partial charge in [-0.1, -0.05) is 12.2 Å². The van der Waals surface area contributed by atoms with Crippen LogP contribution in [0, 0.1) is 11.8 Å². The predicted molar refractivity (Wildman–Crippen MR) is 46.7 cm³/mol. The molecule has 5 heteroatoms. The summed E-state index contributed by atoms with van der Waals surface area (Å²) in [6, 6.07) is -0.530. The Balaban J connectivity index is 2.36. The monoisotopic (exact) mass is 197 g/mol. The summed E-state index contributed by atoms with van der Waals surface area (Å²) in [5.74, 6) is -3.68. The Morgan fingerprint density at radius 3 is 1.71 bits per heavy atom. The second-order valence-corrected chi connectivity index (χ2v) is 3.76. The molecule has 2 heterocycles. The summed E-state index contributed by atoms with van der Waals surface area (Å²) < 4.78 is 0. The van der Waals surface area contributed by atoms with E-state index in [4.69, 9.17) is 10.2 Å². The number of likely N-dealkylation sites (N-methyl/N-ethyl adjacent to an activating group) is 1. The number of fused-ring (bicyclic) bond motifs is 2.